The molecule has 8 heteroatoms. The average molecular weight is 325 g/mol. The molecule has 1 amide bonds. The number of rotatable bonds is 3. The zero-order valence-electron chi connectivity index (χ0n) is 13.0. The van der Waals surface area contributed by atoms with Gasteiger partial charge in [0, 0.05) is 13.1 Å². The quantitative estimate of drug-likeness (QED) is 0.704. The Balaban J connectivity index is 1.46. The minimum atomic E-state index is -0.210. The Morgan fingerprint density at radius 3 is 2.88 bits per heavy atom. The van der Waals surface area contributed by atoms with Crippen LogP contribution in [0.2, 0.25) is 0 Å². The summed E-state index contributed by atoms with van der Waals surface area (Å²) in [6, 6.07) is 7.09. The molecule has 0 bridgehead atoms. The fourth-order valence-electron chi connectivity index (χ4n) is 2.78. The van der Waals surface area contributed by atoms with Crippen molar-refractivity contribution in [3.63, 3.8) is 0 Å². The van der Waals surface area contributed by atoms with Gasteiger partial charge in [0.15, 0.2) is 5.82 Å². The zero-order valence-corrected chi connectivity index (χ0v) is 13.0. The molecule has 0 spiro atoms. The third-order valence-corrected chi connectivity index (χ3v) is 4.16. The smallest absolute Gasteiger partial charge is 0.261 e. The molecule has 8 nitrogen and oxygen atoms in total. The van der Waals surface area contributed by atoms with E-state index < -0.39 is 0 Å². The minimum Gasteiger partial charge on any atom is -0.339 e. The second-order valence-electron chi connectivity index (χ2n) is 5.87. The predicted octanol–water partition coefficient (Wildman–Crippen LogP) is 0.714. The molecule has 1 fully saturated rings. The van der Waals surface area contributed by atoms with Gasteiger partial charge in [0.25, 0.3) is 5.56 Å². The van der Waals surface area contributed by atoms with Gasteiger partial charge in [-0.25, -0.2) is 4.98 Å². The molecule has 4 rings (SSSR count). The Kier molecular flexibility index (Phi) is 3.37. The zero-order chi connectivity index (χ0) is 16.7. The number of amides is 1. The summed E-state index contributed by atoms with van der Waals surface area (Å²) in [7, 11) is 0. The largest absolute Gasteiger partial charge is 0.339 e. The van der Waals surface area contributed by atoms with E-state index in [2.05, 4.69) is 15.1 Å². The van der Waals surface area contributed by atoms with Gasteiger partial charge in [-0.2, -0.15) is 4.98 Å². The van der Waals surface area contributed by atoms with Crippen molar-refractivity contribution in [3.8, 4) is 0 Å². The molecule has 1 aliphatic rings. The third kappa shape index (κ3) is 2.45. The lowest BCUT2D eigenvalue weighted by Crippen LogP contribution is -2.50. The highest BCUT2D eigenvalue weighted by atomic mass is 16.5. The molecule has 1 saturated heterocycles. The lowest BCUT2D eigenvalue weighted by Gasteiger charge is -2.37. The number of benzene rings is 1. The van der Waals surface area contributed by atoms with E-state index in [4.69, 9.17) is 4.52 Å². The molecule has 2 aromatic heterocycles. The number of para-hydroxylation sites is 1. The number of carbonyl (C=O) groups excluding carboxylic acids is 1. The molecule has 1 aromatic carbocycles. The lowest BCUT2D eigenvalue weighted by molar-refractivity contribution is -0.136. The number of likely N-dealkylation sites (tertiary alicyclic amines) is 1. The SMILES string of the molecule is Cc1noc(C2CN(C(=O)Cn3cnc4ccccc4c3=O)C2)n1. The van der Waals surface area contributed by atoms with E-state index in [0.29, 0.717) is 35.7 Å². The first-order chi connectivity index (χ1) is 11.6. The summed E-state index contributed by atoms with van der Waals surface area (Å²) in [4.78, 5) is 34.8. The van der Waals surface area contributed by atoms with E-state index >= 15 is 0 Å². The van der Waals surface area contributed by atoms with E-state index in [1.54, 1.807) is 30.0 Å². The average Bonchev–Trinajstić information content (AvgIpc) is 2.95. The monoisotopic (exact) mass is 325 g/mol. The van der Waals surface area contributed by atoms with Crippen molar-refractivity contribution in [1.82, 2.24) is 24.6 Å². The highest BCUT2D eigenvalue weighted by Gasteiger charge is 2.35. The maximum absolute atomic E-state index is 12.4. The first-order valence-electron chi connectivity index (χ1n) is 7.64. The molecule has 122 valence electrons. The third-order valence-electron chi connectivity index (χ3n) is 4.16. The van der Waals surface area contributed by atoms with Gasteiger partial charge in [0.05, 0.1) is 23.1 Å². The van der Waals surface area contributed by atoms with Crippen LogP contribution in [-0.4, -0.2) is 43.6 Å². The van der Waals surface area contributed by atoms with Crippen molar-refractivity contribution >= 4 is 16.8 Å². The van der Waals surface area contributed by atoms with Crippen LogP contribution in [0.5, 0.6) is 0 Å². The highest BCUT2D eigenvalue weighted by molar-refractivity contribution is 5.79. The molecule has 1 aliphatic heterocycles. The van der Waals surface area contributed by atoms with E-state index in [1.165, 1.54) is 10.9 Å². The standard InChI is InChI=1S/C16H15N5O3/c1-10-18-15(24-19-10)11-6-20(7-11)14(22)8-21-9-17-13-5-3-2-4-12(13)16(21)23/h2-5,9,11H,6-8H2,1H3. The van der Waals surface area contributed by atoms with Gasteiger partial charge in [-0.3, -0.25) is 14.2 Å². The van der Waals surface area contributed by atoms with Crippen molar-refractivity contribution < 1.29 is 9.32 Å². The lowest BCUT2D eigenvalue weighted by atomic mass is 10.00. The molecule has 0 N–H and O–H groups in total. The molecule has 24 heavy (non-hydrogen) atoms. The molecule has 0 unspecified atom stereocenters. The highest BCUT2D eigenvalue weighted by Crippen LogP contribution is 2.25. The first-order valence-corrected chi connectivity index (χ1v) is 7.64. The van der Waals surface area contributed by atoms with E-state index in [0.717, 1.165) is 0 Å². The van der Waals surface area contributed by atoms with Gasteiger partial charge in [0.1, 0.15) is 6.54 Å². The molecular formula is C16H15N5O3. The molecular weight excluding hydrogens is 310 g/mol. The Bertz CT molecular complexity index is 971. The van der Waals surface area contributed by atoms with Crippen molar-refractivity contribution in [2.24, 2.45) is 0 Å². The summed E-state index contributed by atoms with van der Waals surface area (Å²) in [6.45, 7) is 2.78. The Morgan fingerprint density at radius 2 is 2.12 bits per heavy atom. The molecule has 0 aliphatic carbocycles. The fourth-order valence-corrected chi connectivity index (χ4v) is 2.78. The van der Waals surface area contributed by atoms with Gasteiger partial charge in [0.2, 0.25) is 11.8 Å². The second kappa shape index (κ2) is 5.55. The van der Waals surface area contributed by atoms with Crippen LogP contribution >= 0.6 is 0 Å². The van der Waals surface area contributed by atoms with Crippen molar-refractivity contribution in [1.29, 1.82) is 0 Å². The van der Waals surface area contributed by atoms with Gasteiger partial charge in [-0.1, -0.05) is 17.3 Å². The number of nitrogens with zero attached hydrogens (tertiary/aromatic N) is 5. The van der Waals surface area contributed by atoms with Crippen LogP contribution < -0.4 is 5.56 Å². The predicted molar refractivity (Wildman–Crippen MR) is 84.4 cm³/mol. The number of carbonyl (C=O) groups is 1. The summed E-state index contributed by atoms with van der Waals surface area (Å²) in [5.41, 5.74) is 0.417. The Labute approximate surface area is 136 Å². The van der Waals surface area contributed by atoms with Gasteiger partial charge < -0.3 is 9.42 Å². The summed E-state index contributed by atoms with van der Waals surface area (Å²) < 4.78 is 6.46. The summed E-state index contributed by atoms with van der Waals surface area (Å²) in [6.07, 6.45) is 1.42. The molecule has 0 saturated carbocycles. The number of fused-ring (bicyclic) bond motifs is 1. The molecule has 0 atom stereocenters. The van der Waals surface area contributed by atoms with Crippen molar-refractivity contribution in [3.05, 3.63) is 52.7 Å². The van der Waals surface area contributed by atoms with Crippen LogP contribution in [0.15, 0.2) is 39.9 Å². The Morgan fingerprint density at radius 1 is 1.33 bits per heavy atom. The van der Waals surface area contributed by atoms with Crippen molar-refractivity contribution in [2.45, 2.75) is 19.4 Å². The molecule has 3 aromatic rings. The topological polar surface area (TPSA) is 94.1 Å². The number of hydrogen-bond donors (Lipinski definition) is 0. The molecule has 0 radical (unpaired) electrons. The second-order valence-corrected chi connectivity index (χ2v) is 5.87. The van der Waals surface area contributed by atoms with E-state index in [1.807, 2.05) is 6.07 Å². The summed E-state index contributed by atoms with van der Waals surface area (Å²) in [5.74, 6) is 1.09. The van der Waals surface area contributed by atoms with Gasteiger partial charge in [-0.05, 0) is 19.1 Å². The number of hydrogen-bond acceptors (Lipinski definition) is 6. The van der Waals surface area contributed by atoms with Crippen LogP contribution in [0, 0.1) is 6.92 Å². The van der Waals surface area contributed by atoms with Crippen LogP contribution in [0.1, 0.15) is 17.6 Å². The maximum Gasteiger partial charge on any atom is 0.261 e. The summed E-state index contributed by atoms with van der Waals surface area (Å²) >= 11 is 0. The van der Waals surface area contributed by atoms with Gasteiger partial charge >= 0.3 is 0 Å². The normalized spacial score (nSPS) is 14.8. The van der Waals surface area contributed by atoms with Gasteiger partial charge in [-0.15, -0.1) is 0 Å². The summed E-state index contributed by atoms with van der Waals surface area (Å²) in [5, 5.41) is 4.26. The van der Waals surface area contributed by atoms with Crippen LogP contribution in [0.3, 0.4) is 0 Å². The molecule has 3 heterocycles. The van der Waals surface area contributed by atoms with Crippen LogP contribution in [0.25, 0.3) is 10.9 Å². The fraction of sp³-hybridized carbons (Fsp3) is 0.312. The number of aromatic nitrogens is 4. The number of aryl methyl sites for hydroxylation is 1. The first kappa shape index (κ1) is 14.6. The Hall–Kier alpha value is -3.03. The van der Waals surface area contributed by atoms with E-state index in [-0.39, 0.29) is 23.9 Å². The van der Waals surface area contributed by atoms with E-state index in [9.17, 15) is 9.59 Å². The maximum atomic E-state index is 12.4. The van der Waals surface area contributed by atoms with Crippen LogP contribution in [-0.2, 0) is 11.3 Å². The van der Waals surface area contributed by atoms with Crippen LogP contribution in [0.4, 0.5) is 0 Å². The minimum absolute atomic E-state index is 0.0216. The van der Waals surface area contributed by atoms with Crippen molar-refractivity contribution in [2.75, 3.05) is 13.1 Å².